The van der Waals surface area contributed by atoms with Gasteiger partial charge in [0.15, 0.2) is 5.17 Å². The highest BCUT2D eigenvalue weighted by atomic mass is 32.2. The maximum absolute atomic E-state index is 12.9. The van der Waals surface area contributed by atoms with Crippen LogP contribution in [-0.4, -0.2) is 29.1 Å². The van der Waals surface area contributed by atoms with Gasteiger partial charge in [0.1, 0.15) is 5.75 Å². The molecule has 5 nitrogen and oxygen atoms in total. The molecule has 1 amide bonds. The van der Waals surface area contributed by atoms with Crippen molar-refractivity contribution >= 4 is 28.5 Å². The van der Waals surface area contributed by atoms with Crippen molar-refractivity contribution in [3.05, 3.63) is 65.2 Å². The van der Waals surface area contributed by atoms with Gasteiger partial charge in [-0.2, -0.15) is 18.3 Å². The van der Waals surface area contributed by atoms with Gasteiger partial charge in [0.25, 0.3) is 0 Å². The lowest BCUT2D eigenvalue weighted by atomic mass is 10.1. The Kier molecular flexibility index (Phi) is 6.26. The van der Waals surface area contributed by atoms with Crippen molar-refractivity contribution in [2.75, 3.05) is 7.11 Å². The fraction of sp³-hybridized carbons (Fsp3) is 0.250. The number of methoxy groups -OCH3 is 1. The van der Waals surface area contributed by atoms with Gasteiger partial charge < -0.3 is 10.1 Å². The number of nitrogens with one attached hydrogen (secondary N) is 1. The molecule has 3 rings (SSSR count). The van der Waals surface area contributed by atoms with Gasteiger partial charge in [-0.15, -0.1) is 5.10 Å². The van der Waals surface area contributed by atoms with Crippen LogP contribution in [0.5, 0.6) is 5.75 Å². The second-order valence-electron chi connectivity index (χ2n) is 6.32. The number of benzene rings is 2. The highest BCUT2D eigenvalue weighted by molar-refractivity contribution is 8.15. The molecule has 2 aromatic rings. The van der Waals surface area contributed by atoms with E-state index < -0.39 is 17.0 Å². The summed E-state index contributed by atoms with van der Waals surface area (Å²) in [7, 11) is 1.58. The quantitative estimate of drug-likeness (QED) is 0.579. The zero-order chi connectivity index (χ0) is 21.0. The summed E-state index contributed by atoms with van der Waals surface area (Å²) >= 11 is 1.15. The van der Waals surface area contributed by atoms with Crippen LogP contribution in [0.1, 0.15) is 23.6 Å². The first-order chi connectivity index (χ1) is 13.8. The van der Waals surface area contributed by atoms with Crippen LogP contribution in [-0.2, 0) is 17.4 Å². The minimum atomic E-state index is -4.42. The van der Waals surface area contributed by atoms with Gasteiger partial charge in [-0.3, -0.25) is 4.79 Å². The molecule has 1 heterocycles. The summed E-state index contributed by atoms with van der Waals surface area (Å²) in [6.07, 6.45) is -4.25. The number of thioether (sulfide) groups is 1. The molecule has 2 aromatic carbocycles. The molecule has 0 spiro atoms. The van der Waals surface area contributed by atoms with Gasteiger partial charge in [-0.1, -0.05) is 30.0 Å². The van der Waals surface area contributed by atoms with Gasteiger partial charge in [0, 0.05) is 0 Å². The predicted molar refractivity (Wildman–Crippen MR) is 107 cm³/mol. The summed E-state index contributed by atoms with van der Waals surface area (Å²) in [6.45, 7) is 1.79. The highest BCUT2D eigenvalue weighted by Crippen LogP contribution is 2.31. The van der Waals surface area contributed by atoms with Crippen LogP contribution in [0.2, 0.25) is 0 Å². The summed E-state index contributed by atoms with van der Waals surface area (Å²) in [6, 6.07) is 12.3. The Morgan fingerprint density at radius 3 is 2.59 bits per heavy atom. The largest absolute Gasteiger partial charge is 0.497 e. The van der Waals surface area contributed by atoms with Crippen LogP contribution in [0, 0.1) is 0 Å². The summed E-state index contributed by atoms with van der Waals surface area (Å²) in [5, 5.41) is 10.6. The van der Waals surface area contributed by atoms with Gasteiger partial charge in [-0.25, -0.2) is 0 Å². The van der Waals surface area contributed by atoms with E-state index in [-0.39, 0.29) is 12.3 Å². The fourth-order valence-electron chi connectivity index (χ4n) is 2.69. The Bertz CT molecular complexity index is 956. The number of carbonyl (C=O) groups is 1. The van der Waals surface area contributed by atoms with Crippen molar-refractivity contribution in [1.82, 2.24) is 5.32 Å². The van der Waals surface area contributed by atoms with E-state index in [0.717, 1.165) is 35.2 Å². The molecule has 0 saturated carbocycles. The number of hydrogen-bond acceptors (Lipinski definition) is 5. The number of amides is 1. The monoisotopic (exact) mass is 421 g/mol. The number of ether oxygens (including phenoxy) is 1. The van der Waals surface area contributed by atoms with Crippen LogP contribution in [0.3, 0.4) is 0 Å². The topological polar surface area (TPSA) is 63.1 Å². The van der Waals surface area contributed by atoms with Crippen molar-refractivity contribution in [3.63, 3.8) is 0 Å². The molecule has 1 aliphatic heterocycles. The molecule has 1 saturated heterocycles. The van der Waals surface area contributed by atoms with Crippen LogP contribution in [0.15, 0.2) is 58.7 Å². The van der Waals surface area contributed by atoms with Crippen LogP contribution >= 0.6 is 11.8 Å². The zero-order valence-corrected chi connectivity index (χ0v) is 16.5. The molecule has 9 heteroatoms. The van der Waals surface area contributed by atoms with Crippen molar-refractivity contribution in [3.8, 4) is 5.75 Å². The van der Waals surface area contributed by atoms with E-state index in [2.05, 4.69) is 15.5 Å². The second-order valence-corrected chi connectivity index (χ2v) is 7.51. The summed E-state index contributed by atoms with van der Waals surface area (Å²) in [5.74, 6) is 0.423. The smallest absolute Gasteiger partial charge is 0.416 e. The molecule has 0 bridgehead atoms. The molecule has 0 radical (unpaired) electrons. The van der Waals surface area contributed by atoms with E-state index in [1.54, 1.807) is 32.2 Å². The van der Waals surface area contributed by atoms with E-state index in [4.69, 9.17) is 4.74 Å². The van der Waals surface area contributed by atoms with Crippen LogP contribution < -0.4 is 10.1 Å². The van der Waals surface area contributed by atoms with E-state index >= 15 is 0 Å². The number of carbonyl (C=O) groups excluding carboxylic acids is 1. The predicted octanol–water partition coefficient (Wildman–Crippen LogP) is 4.27. The van der Waals surface area contributed by atoms with Crippen molar-refractivity contribution in [2.24, 2.45) is 10.2 Å². The minimum absolute atomic E-state index is 0.167. The number of halogens is 3. The molecule has 0 aromatic heterocycles. The van der Waals surface area contributed by atoms with Gasteiger partial charge in [0.05, 0.1) is 23.6 Å². The van der Waals surface area contributed by atoms with E-state index in [1.807, 2.05) is 12.1 Å². The molecule has 152 valence electrons. The normalized spacial score (nSPS) is 18.8. The molecule has 29 heavy (non-hydrogen) atoms. The second kappa shape index (κ2) is 8.69. The van der Waals surface area contributed by atoms with Gasteiger partial charge >= 0.3 is 6.18 Å². The van der Waals surface area contributed by atoms with Crippen molar-refractivity contribution in [2.45, 2.75) is 24.8 Å². The van der Waals surface area contributed by atoms with Gasteiger partial charge in [-0.05, 0) is 54.8 Å². The Labute approximate surface area is 170 Å². The van der Waals surface area contributed by atoms with Gasteiger partial charge in [0.2, 0.25) is 5.91 Å². The Hall–Kier alpha value is -2.81. The number of rotatable bonds is 5. The van der Waals surface area contributed by atoms with Crippen molar-refractivity contribution in [1.29, 1.82) is 0 Å². The molecule has 1 atom stereocenters. The Morgan fingerprint density at radius 2 is 1.93 bits per heavy atom. The first-order valence-corrected chi connectivity index (χ1v) is 9.54. The molecule has 1 N–H and O–H groups in total. The minimum Gasteiger partial charge on any atom is -0.497 e. The molecular formula is C20H18F3N3O2S. The lowest BCUT2D eigenvalue weighted by molar-refractivity contribution is -0.137. The average molecular weight is 421 g/mol. The van der Waals surface area contributed by atoms with Crippen molar-refractivity contribution < 1.29 is 22.7 Å². The zero-order valence-electron chi connectivity index (χ0n) is 15.7. The highest BCUT2D eigenvalue weighted by Gasteiger charge is 2.33. The third kappa shape index (κ3) is 5.38. The number of hydrogen-bond donors (Lipinski definition) is 1. The maximum atomic E-state index is 12.9. The summed E-state index contributed by atoms with van der Waals surface area (Å²) < 4.78 is 43.7. The van der Waals surface area contributed by atoms with Crippen LogP contribution in [0.4, 0.5) is 13.2 Å². The summed E-state index contributed by atoms with van der Waals surface area (Å²) in [4.78, 5) is 12.2. The lowest BCUT2D eigenvalue weighted by Crippen LogP contribution is -2.26. The first kappa shape index (κ1) is 20.9. The van der Waals surface area contributed by atoms with E-state index in [9.17, 15) is 18.0 Å². The maximum Gasteiger partial charge on any atom is 0.416 e. The molecule has 1 aliphatic rings. The summed E-state index contributed by atoms with van der Waals surface area (Å²) in [5.41, 5.74) is 1.21. The fourth-order valence-corrected chi connectivity index (χ4v) is 3.64. The molecule has 1 fully saturated rings. The average Bonchev–Trinajstić information content (AvgIpc) is 3.05. The number of nitrogens with zero attached hydrogens (tertiary/aromatic N) is 2. The first-order valence-electron chi connectivity index (χ1n) is 8.66. The number of alkyl halides is 3. The molecular weight excluding hydrogens is 403 g/mol. The standard InChI is InChI=1S/C20H18F3N3O2S/c1-12(14-6-8-16(28-2)9-7-14)25-26-19-24-18(27)17(29-19)11-13-4-3-5-15(10-13)20(21,22)23/h3-10,17H,11H2,1-2H3,(H,24,26,27)/b25-12+/t17-/m1/s1. The SMILES string of the molecule is COc1ccc(/C(C)=N/N=C2\NC(=O)[C@@H](Cc3cccc(C(F)(F)F)c3)S2)cc1. The Balaban J connectivity index is 1.68. The third-order valence-corrected chi connectivity index (χ3v) is 5.32. The Morgan fingerprint density at radius 1 is 1.21 bits per heavy atom. The van der Waals surface area contributed by atoms with E-state index in [1.165, 1.54) is 6.07 Å². The third-order valence-electron chi connectivity index (χ3n) is 4.25. The molecule has 0 unspecified atom stereocenters. The lowest BCUT2D eigenvalue weighted by Gasteiger charge is -2.10. The van der Waals surface area contributed by atoms with E-state index in [0.29, 0.717) is 16.4 Å². The van der Waals surface area contributed by atoms with Crippen LogP contribution in [0.25, 0.3) is 0 Å². The number of amidine groups is 1. The molecule has 0 aliphatic carbocycles.